The molecule has 1 aliphatic heterocycles. The molecule has 23 heavy (non-hydrogen) atoms. The van der Waals surface area contributed by atoms with Gasteiger partial charge in [-0.2, -0.15) is 0 Å². The van der Waals surface area contributed by atoms with E-state index in [2.05, 4.69) is 21.2 Å². The molecule has 0 spiro atoms. The van der Waals surface area contributed by atoms with Gasteiger partial charge in [-0.15, -0.1) is 11.8 Å². The molecule has 0 fully saturated rings. The van der Waals surface area contributed by atoms with Gasteiger partial charge in [0.1, 0.15) is 5.75 Å². The summed E-state index contributed by atoms with van der Waals surface area (Å²) in [5.41, 5.74) is 1.02. The number of halogens is 2. The van der Waals surface area contributed by atoms with Crippen molar-refractivity contribution in [2.24, 2.45) is 0 Å². The normalized spacial score (nSPS) is 16.3. The summed E-state index contributed by atoms with van der Waals surface area (Å²) in [7, 11) is 0. The Bertz CT molecular complexity index is 725. The number of benzene rings is 2. The number of carbonyl (C=O) groups is 1. The van der Waals surface area contributed by atoms with Crippen molar-refractivity contribution < 1.29 is 9.53 Å². The van der Waals surface area contributed by atoms with Crippen LogP contribution in [0.3, 0.4) is 0 Å². The molecular formula is C17H15BrClNO2S. The zero-order chi connectivity index (χ0) is 16.2. The number of fused-ring (bicyclic) bond motifs is 1. The Morgan fingerprint density at radius 2 is 2.17 bits per heavy atom. The average Bonchev–Trinajstić information content (AvgIpc) is 2.55. The van der Waals surface area contributed by atoms with Crippen LogP contribution in [-0.4, -0.2) is 18.3 Å². The molecular weight excluding hydrogens is 398 g/mol. The van der Waals surface area contributed by atoms with Crippen LogP contribution in [0.25, 0.3) is 0 Å². The number of amides is 1. The van der Waals surface area contributed by atoms with Gasteiger partial charge in [0.2, 0.25) is 5.91 Å². The third-order valence-corrected chi connectivity index (χ3v) is 5.55. The molecule has 0 aliphatic carbocycles. The molecule has 0 radical (unpaired) electrons. The highest BCUT2D eigenvalue weighted by atomic mass is 79.9. The maximum Gasteiger partial charge on any atom is 0.230 e. The third kappa shape index (κ3) is 4.22. The van der Waals surface area contributed by atoms with Crippen LogP contribution in [0.4, 0.5) is 0 Å². The zero-order valence-corrected chi connectivity index (χ0v) is 15.4. The van der Waals surface area contributed by atoms with Crippen molar-refractivity contribution >= 4 is 45.2 Å². The number of carbonyl (C=O) groups excluding carboxylic acids is 1. The maximum absolute atomic E-state index is 12.3. The minimum absolute atomic E-state index is 0.00672. The van der Waals surface area contributed by atoms with Crippen LogP contribution < -0.4 is 10.1 Å². The molecule has 0 saturated carbocycles. The van der Waals surface area contributed by atoms with Crippen LogP contribution in [0.15, 0.2) is 51.8 Å². The molecule has 1 heterocycles. The molecule has 1 unspecified atom stereocenters. The highest BCUT2D eigenvalue weighted by molar-refractivity contribution is 9.10. The van der Waals surface area contributed by atoms with E-state index in [1.54, 1.807) is 0 Å². The number of ether oxygens (including phenoxy) is 1. The van der Waals surface area contributed by atoms with Gasteiger partial charge in [-0.1, -0.05) is 39.7 Å². The topological polar surface area (TPSA) is 38.3 Å². The van der Waals surface area contributed by atoms with Crippen molar-refractivity contribution in [3.63, 3.8) is 0 Å². The van der Waals surface area contributed by atoms with E-state index in [1.807, 2.05) is 42.5 Å². The second-order valence-electron chi connectivity index (χ2n) is 5.16. The largest absolute Gasteiger partial charge is 0.493 e. The van der Waals surface area contributed by atoms with Gasteiger partial charge in [0, 0.05) is 21.4 Å². The Morgan fingerprint density at radius 3 is 3.00 bits per heavy atom. The zero-order valence-electron chi connectivity index (χ0n) is 12.2. The summed E-state index contributed by atoms with van der Waals surface area (Å²) in [5.74, 6) is 1.17. The van der Waals surface area contributed by atoms with E-state index in [9.17, 15) is 4.79 Å². The summed E-state index contributed by atoms with van der Waals surface area (Å²) in [6.07, 6.45) is 0.770. The van der Waals surface area contributed by atoms with Gasteiger partial charge < -0.3 is 10.1 Å². The lowest BCUT2D eigenvalue weighted by Gasteiger charge is -2.27. The SMILES string of the molecule is O=C(CSc1ccccc1Cl)NC1CCOc2ccc(Br)cc21. The fourth-order valence-corrected chi connectivity index (χ4v) is 3.89. The van der Waals surface area contributed by atoms with E-state index < -0.39 is 0 Å². The highest BCUT2D eigenvalue weighted by Crippen LogP contribution is 2.34. The van der Waals surface area contributed by atoms with E-state index in [0.29, 0.717) is 17.4 Å². The minimum Gasteiger partial charge on any atom is -0.493 e. The summed E-state index contributed by atoms with van der Waals surface area (Å²) in [6, 6.07) is 13.4. The van der Waals surface area contributed by atoms with Gasteiger partial charge in [-0.25, -0.2) is 0 Å². The number of rotatable bonds is 4. The Labute approximate surface area is 152 Å². The maximum atomic E-state index is 12.3. The van der Waals surface area contributed by atoms with Crippen molar-refractivity contribution in [1.82, 2.24) is 5.32 Å². The van der Waals surface area contributed by atoms with Gasteiger partial charge in [-0.05, 0) is 30.3 Å². The molecule has 2 aromatic rings. The molecule has 1 N–H and O–H groups in total. The summed E-state index contributed by atoms with van der Waals surface area (Å²) in [6.45, 7) is 0.608. The number of hydrogen-bond acceptors (Lipinski definition) is 3. The molecule has 0 saturated heterocycles. The highest BCUT2D eigenvalue weighted by Gasteiger charge is 2.23. The van der Waals surface area contributed by atoms with Crippen molar-refractivity contribution in [3.05, 3.63) is 57.5 Å². The van der Waals surface area contributed by atoms with Crippen molar-refractivity contribution in [2.75, 3.05) is 12.4 Å². The Balaban J connectivity index is 1.63. The molecule has 2 aromatic carbocycles. The Morgan fingerprint density at radius 1 is 1.35 bits per heavy atom. The van der Waals surface area contributed by atoms with Crippen molar-refractivity contribution in [2.45, 2.75) is 17.4 Å². The third-order valence-electron chi connectivity index (χ3n) is 3.54. The molecule has 0 aromatic heterocycles. The van der Waals surface area contributed by atoms with Gasteiger partial charge >= 0.3 is 0 Å². The van der Waals surface area contributed by atoms with Gasteiger partial charge in [0.05, 0.1) is 23.4 Å². The van der Waals surface area contributed by atoms with Gasteiger partial charge in [0.25, 0.3) is 0 Å². The molecule has 120 valence electrons. The quantitative estimate of drug-likeness (QED) is 0.731. The number of nitrogens with one attached hydrogen (secondary N) is 1. The molecule has 3 nitrogen and oxygen atoms in total. The van der Waals surface area contributed by atoms with Crippen LogP contribution in [0.5, 0.6) is 5.75 Å². The van der Waals surface area contributed by atoms with E-state index >= 15 is 0 Å². The first-order chi connectivity index (χ1) is 11.1. The van der Waals surface area contributed by atoms with E-state index in [1.165, 1.54) is 11.8 Å². The summed E-state index contributed by atoms with van der Waals surface area (Å²) in [4.78, 5) is 13.2. The predicted molar refractivity (Wildman–Crippen MR) is 97.3 cm³/mol. The van der Waals surface area contributed by atoms with E-state index in [0.717, 1.165) is 27.1 Å². The fraction of sp³-hybridized carbons (Fsp3) is 0.235. The smallest absolute Gasteiger partial charge is 0.230 e. The second-order valence-corrected chi connectivity index (χ2v) is 7.50. The standard InChI is InChI=1S/C17H15BrClNO2S/c18-11-5-6-15-12(9-11)14(7-8-22-15)20-17(21)10-23-16-4-2-1-3-13(16)19/h1-6,9,14H,7-8,10H2,(H,20,21). The Hall–Kier alpha value is -1.17. The summed E-state index contributed by atoms with van der Waals surface area (Å²) >= 11 is 11.0. The lowest BCUT2D eigenvalue weighted by atomic mass is 10.0. The van der Waals surface area contributed by atoms with E-state index in [-0.39, 0.29) is 11.9 Å². The number of thioether (sulfide) groups is 1. The first-order valence-electron chi connectivity index (χ1n) is 7.22. The lowest BCUT2D eigenvalue weighted by Crippen LogP contribution is -2.33. The molecule has 1 aliphatic rings. The fourth-order valence-electron chi connectivity index (χ4n) is 2.46. The van der Waals surface area contributed by atoms with Crippen LogP contribution in [0, 0.1) is 0 Å². The second kappa shape index (κ2) is 7.60. The van der Waals surface area contributed by atoms with E-state index in [4.69, 9.17) is 16.3 Å². The summed E-state index contributed by atoms with van der Waals surface area (Å²) in [5, 5.41) is 3.76. The molecule has 6 heteroatoms. The lowest BCUT2D eigenvalue weighted by molar-refractivity contribution is -0.119. The Kier molecular flexibility index (Phi) is 5.51. The minimum atomic E-state index is -0.0180. The first kappa shape index (κ1) is 16.7. The van der Waals surface area contributed by atoms with Crippen LogP contribution >= 0.6 is 39.3 Å². The van der Waals surface area contributed by atoms with Crippen LogP contribution in [0.2, 0.25) is 5.02 Å². The number of hydrogen-bond donors (Lipinski definition) is 1. The van der Waals surface area contributed by atoms with Crippen molar-refractivity contribution in [3.8, 4) is 5.75 Å². The monoisotopic (exact) mass is 411 g/mol. The predicted octanol–water partition coefficient (Wildman–Crippen LogP) is 4.83. The van der Waals surface area contributed by atoms with Gasteiger partial charge in [0.15, 0.2) is 0 Å². The van der Waals surface area contributed by atoms with Crippen LogP contribution in [-0.2, 0) is 4.79 Å². The average molecular weight is 413 g/mol. The first-order valence-corrected chi connectivity index (χ1v) is 9.38. The molecule has 0 bridgehead atoms. The summed E-state index contributed by atoms with van der Waals surface area (Å²) < 4.78 is 6.62. The molecule has 1 amide bonds. The van der Waals surface area contributed by atoms with Gasteiger partial charge in [-0.3, -0.25) is 4.79 Å². The van der Waals surface area contributed by atoms with Crippen LogP contribution in [0.1, 0.15) is 18.0 Å². The van der Waals surface area contributed by atoms with Crippen molar-refractivity contribution in [1.29, 1.82) is 0 Å². The molecule has 1 atom stereocenters. The molecule has 3 rings (SSSR count).